The second-order valence-electron chi connectivity index (χ2n) is 9.86. The number of ether oxygens (including phenoxy) is 2. The first-order chi connectivity index (χ1) is 18.2. The van der Waals surface area contributed by atoms with E-state index in [2.05, 4.69) is 21.1 Å². The number of nitrogen functional groups attached to an aromatic ring is 1. The summed E-state index contributed by atoms with van der Waals surface area (Å²) in [4.78, 5) is 22.2. The van der Waals surface area contributed by atoms with Crippen LogP contribution in [0.5, 0.6) is 5.75 Å². The minimum Gasteiger partial charge on any atom is -0.482 e. The molecule has 3 rings (SSSR count). The van der Waals surface area contributed by atoms with Gasteiger partial charge in [0.25, 0.3) is 0 Å². The van der Waals surface area contributed by atoms with Gasteiger partial charge in [-0.2, -0.15) is 10.4 Å². The topological polar surface area (TPSA) is 132 Å². The molecule has 0 saturated heterocycles. The third-order valence-corrected chi connectivity index (χ3v) is 6.03. The lowest BCUT2D eigenvalue weighted by Gasteiger charge is -2.24. The number of benzene rings is 1. The van der Waals surface area contributed by atoms with Crippen molar-refractivity contribution in [3.05, 3.63) is 58.8 Å². The third kappa shape index (κ3) is 6.83. The van der Waals surface area contributed by atoms with E-state index in [0.717, 1.165) is 0 Å². The lowest BCUT2D eigenvalue weighted by Crippen LogP contribution is -2.34. The maximum absolute atomic E-state index is 14.1. The molecule has 206 valence electrons. The molecular weight excluding hydrogens is 525 g/mol. The molecule has 0 bridgehead atoms. The monoisotopic (exact) mass is 555 g/mol. The summed E-state index contributed by atoms with van der Waals surface area (Å²) >= 11 is 6.24. The molecule has 1 atom stereocenters. The highest BCUT2D eigenvalue weighted by Gasteiger charge is 2.25. The molecule has 3 aromatic rings. The van der Waals surface area contributed by atoms with Crippen molar-refractivity contribution < 1.29 is 18.7 Å². The SMILES string of the molecule is CN=C(Cl)c1ccc(F)cc1C(C)Oc1cc(-c2c(CN(C)C(=O)OC(C)(C)C)nn(C)c2C#N)cnc1N. The van der Waals surface area contributed by atoms with Gasteiger partial charge in [-0.3, -0.25) is 9.67 Å². The maximum Gasteiger partial charge on any atom is 0.410 e. The first-order valence-electron chi connectivity index (χ1n) is 12.0. The van der Waals surface area contributed by atoms with Crippen LogP contribution in [0.25, 0.3) is 11.1 Å². The van der Waals surface area contributed by atoms with E-state index in [9.17, 15) is 14.4 Å². The zero-order valence-corrected chi connectivity index (χ0v) is 23.7. The van der Waals surface area contributed by atoms with Gasteiger partial charge >= 0.3 is 6.09 Å². The zero-order chi connectivity index (χ0) is 29.1. The van der Waals surface area contributed by atoms with Crippen LogP contribution in [0, 0.1) is 17.1 Å². The highest BCUT2D eigenvalue weighted by atomic mass is 35.5. The Balaban J connectivity index is 2.01. The fourth-order valence-corrected chi connectivity index (χ4v) is 4.04. The molecule has 2 aromatic heterocycles. The molecule has 0 aliphatic rings. The minimum absolute atomic E-state index is 0.0677. The number of hydrogen-bond donors (Lipinski definition) is 1. The van der Waals surface area contributed by atoms with Crippen LogP contribution in [-0.2, 0) is 18.3 Å². The van der Waals surface area contributed by atoms with Crippen LogP contribution in [0.2, 0.25) is 0 Å². The van der Waals surface area contributed by atoms with Crippen molar-refractivity contribution in [2.45, 2.75) is 45.9 Å². The Morgan fingerprint density at radius 1 is 1.36 bits per heavy atom. The van der Waals surface area contributed by atoms with Gasteiger partial charge in [-0.05, 0) is 52.0 Å². The van der Waals surface area contributed by atoms with Crippen molar-refractivity contribution in [3.63, 3.8) is 0 Å². The average Bonchev–Trinajstić information content (AvgIpc) is 3.18. The molecule has 0 radical (unpaired) electrons. The van der Waals surface area contributed by atoms with Crippen LogP contribution in [-0.4, -0.2) is 50.6 Å². The normalized spacial score (nSPS) is 12.6. The summed E-state index contributed by atoms with van der Waals surface area (Å²) < 4.78 is 27.1. The third-order valence-electron chi connectivity index (χ3n) is 5.66. The maximum atomic E-state index is 14.1. The molecule has 1 unspecified atom stereocenters. The largest absolute Gasteiger partial charge is 0.482 e. The Bertz CT molecular complexity index is 1460. The standard InChI is InChI=1S/C27H31ClFN7O3/c1-15(19-11-17(29)8-9-18(19)24(28)32-5)38-22-10-16(13-33-25(22)31)23-20(34-36(7)21(23)12-30)14-35(6)26(37)39-27(2,3)4/h8-11,13,15H,14H2,1-7H3,(H2,31,33). The van der Waals surface area contributed by atoms with Gasteiger partial charge in [-0.15, -0.1) is 0 Å². The summed E-state index contributed by atoms with van der Waals surface area (Å²) in [7, 11) is 4.75. The van der Waals surface area contributed by atoms with Gasteiger partial charge in [0, 0.05) is 49.6 Å². The number of carbonyl (C=O) groups excluding carboxylic acids is 1. The van der Waals surface area contributed by atoms with Crippen LogP contribution < -0.4 is 10.5 Å². The second kappa shape index (κ2) is 11.7. The highest BCUT2D eigenvalue weighted by Crippen LogP contribution is 2.35. The summed E-state index contributed by atoms with van der Waals surface area (Å²) in [5.74, 6) is -0.162. The first-order valence-corrected chi connectivity index (χ1v) is 12.4. The summed E-state index contributed by atoms with van der Waals surface area (Å²) in [6.07, 6.45) is 0.273. The van der Waals surface area contributed by atoms with Crippen molar-refractivity contribution in [2.24, 2.45) is 12.0 Å². The fourth-order valence-electron chi connectivity index (χ4n) is 3.87. The summed E-state index contributed by atoms with van der Waals surface area (Å²) in [5, 5.41) is 14.5. The van der Waals surface area contributed by atoms with Gasteiger partial charge in [0.2, 0.25) is 0 Å². The Labute approximate surface area is 231 Å². The minimum atomic E-state index is -0.687. The molecule has 0 aliphatic carbocycles. The molecule has 39 heavy (non-hydrogen) atoms. The zero-order valence-electron chi connectivity index (χ0n) is 22.9. The molecule has 0 aliphatic heterocycles. The number of rotatable bonds is 7. The number of aromatic nitrogens is 3. The number of nitrogens with two attached hydrogens (primary N) is 1. The van der Waals surface area contributed by atoms with Gasteiger partial charge in [-0.25, -0.2) is 14.2 Å². The summed E-state index contributed by atoms with van der Waals surface area (Å²) in [5.41, 5.74) is 8.11. The van der Waals surface area contributed by atoms with E-state index in [1.165, 1.54) is 41.0 Å². The van der Waals surface area contributed by atoms with Crippen LogP contribution in [0.1, 0.15) is 56.3 Å². The molecule has 1 aromatic carbocycles. The number of halogens is 2. The number of amides is 1. The van der Waals surface area contributed by atoms with Crippen LogP contribution >= 0.6 is 11.6 Å². The van der Waals surface area contributed by atoms with Crippen molar-refractivity contribution >= 4 is 28.7 Å². The quantitative estimate of drug-likeness (QED) is 0.396. The van der Waals surface area contributed by atoms with Crippen molar-refractivity contribution in [1.82, 2.24) is 19.7 Å². The van der Waals surface area contributed by atoms with E-state index < -0.39 is 23.6 Å². The molecular formula is C27H31ClFN7O3. The van der Waals surface area contributed by atoms with E-state index in [1.807, 2.05) is 0 Å². The lowest BCUT2D eigenvalue weighted by molar-refractivity contribution is 0.0283. The van der Waals surface area contributed by atoms with E-state index in [4.69, 9.17) is 26.8 Å². The molecule has 0 fully saturated rings. The Morgan fingerprint density at radius 3 is 2.67 bits per heavy atom. The van der Waals surface area contributed by atoms with E-state index >= 15 is 0 Å². The molecule has 0 saturated carbocycles. The molecule has 10 nitrogen and oxygen atoms in total. The van der Waals surface area contributed by atoms with Crippen LogP contribution in [0.3, 0.4) is 0 Å². The Hall–Kier alpha value is -4.17. The second-order valence-corrected chi connectivity index (χ2v) is 10.2. The van der Waals surface area contributed by atoms with Crippen molar-refractivity contribution in [3.8, 4) is 22.9 Å². The molecule has 1 amide bonds. The van der Waals surface area contributed by atoms with Crippen LogP contribution in [0.15, 0.2) is 35.5 Å². The van der Waals surface area contributed by atoms with Gasteiger partial charge in [0.15, 0.2) is 11.6 Å². The van der Waals surface area contributed by atoms with Crippen molar-refractivity contribution in [1.29, 1.82) is 5.26 Å². The Kier molecular flexibility index (Phi) is 8.81. The number of nitrogens with zero attached hydrogens (tertiary/aromatic N) is 6. The summed E-state index contributed by atoms with van der Waals surface area (Å²) in [6, 6.07) is 7.92. The number of pyridine rings is 1. The molecule has 2 heterocycles. The molecule has 2 N–H and O–H groups in total. The van der Waals surface area contributed by atoms with Gasteiger partial charge in [0.1, 0.15) is 34.5 Å². The number of carbonyl (C=O) groups is 1. The number of aliphatic imine (C=N–C) groups is 1. The Morgan fingerprint density at radius 2 is 2.05 bits per heavy atom. The van der Waals surface area contributed by atoms with E-state index in [-0.39, 0.29) is 29.0 Å². The van der Waals surface area contributed by atoms with Gasteiger partial charge in [0.05, 0.1) is 12.2 Å². The number of nitriles is 1. The van der Waals surface area contributed by atoms with Crippen LogP contribution in [0.4, 0.5) is 15.0 Å². The number of hydrogen-bond acceptors (Lipinski definition) is 8. The van der Waals surface area contributed by atoms with Gasteiger partial charge < -0.3 is 20.1 Å². The fraction of sp³-hybridized carbons (Fsp3) is 0.370. The number of anilines is 1. The molecule has 12 heteroatoms. The first kappa shape index (κ1) is 29.4. The lowest BCUT2D eigenvalue weighted by atomic mass is 10.0. The predicted octanol–water partition coefficient (Wildman–Crippen LogP) is 5.20. The smallest absolute Gasteiger partial charge is 0.410 e. The number of aryl methyl sites for hydroxylation is 1. The highest BCUT2D eigenvalue weighted by molar-refractivity contribution is 6.69. The van der Waals surface area contributed by atoms with Gasteiger partial charge in [-0.1, -0.05) is 11.6 Å². The predicted molar refractivity (Wildman–Crippen MR) is 147 cm³/mol. The molecule has 0 spiro atoms. The summed E-state index contributed by atoms with van der Waals surface area (Å²) in [6.45, 7) is 7.11. The van der Waals surface area contributed by atoms with E-state index in [1.54, 1.807) is 47.9 Å². The average molecular weight is 556 g/mol. The van der Waals surface area contributed by atoms with E-state index in [0.29, 0.717) is 27.9 Å². The van der Waals surface area contributed by atoms with Crippen molar-refractivity contribution in [2.75, 3.05) is 19.8 Å².